The molecule has 0 radical (unpaired) electrons. The molecule has 1 aliphatic rings. The van der Waals surface area contributed by atoms with E-state index in [1.54, 1.807) is 6.20 Å². The molecule has 3 rings (SSSR count). The van der Waals surface area contributed by atoms with E-state index in [9.17, 15) is 0 Å². The van der Waals surface area contributed by atoms with Gasteiger partial charge in [0.05, 0.1) is 11.9 Å². The molecule has 1 aromatic heterocycles. The molecule has 0 saturated carbocycles. The number of hydrogen-bond acceptors (Lipinski definition) is 4. The van der Waals surface area contributed by atoms with Crippen molar-refractivity contribution < 1.29 is 9.47 Å². The minimum atomic E-state index is 0.478. The Morgan fingerprint density at radius 1 is 0.938 bits per heavy atom. The molecule has 2 aromatic rings. The van der Waals surface area contributed by atoms with Crippen LogP contribution in [0.3, 0.4) is 0 Å². The van der Waals surface area contributed by atoms with E-state index in [4.69, 9.17) is 9.47 Å². The highest BCUT2D eigenvalue weighted by Gasteiger charge is 2.15. The molecule has 0 aliphatic carbocycles. The molecule has 1 aliphatic heterocycles. The number of ether oxygens (including phenoxy) is 2. The molecule has 0 fully saturated rings. The molecule has 0 N–H and O–H groups in total. The Hall–Kier alpha value is -2.10. The smallest absolute Gasteiger partial charge is 0.278 e. The van der Waals surface area contributed by atoms with Crippen molar-refractivity contribution in [1.82, 2.24) is 9.97 Å². The van der Waals surface area contributed by atoms with Gasteiger partial charge in [-0.2, -0.15) is 0 Å². The van der Waals surface area contributed by atoms with Crippen molar-refractivity contribution in [3.63, 3.8) is 0 Å². The molecular weight excluding hydrogens is 204 g/mol. The maximum atomic E-state index is 5.39. The van der Waals surface area contributed by atoms with Gasteiger partial charge in [0.2, 0.25) is 0 Å². The van der Waals surface area contributed by atoms with Gasteiger partial charge in [-0.05, 0) is 0 Å². The summed E-state index contributed by atoms with van der Waals surface area (Å²) in [5.41, 5.74) is 1.82. The summed E-state index contributed by atoms with van der Waals surface area (Å²) in [6, 6.07) is 9.87. The van der Waals surface area contributed by atoms with Crippen molar-refractivity contribution in [2.45, 2.75) is 0 Å². The zero-order valence-electron chi connectivity index (χ0n) is 8.59. The summed E-state index contributed by atoms with van der Waals surface area (Å²) in [7, 11) is 0. The second kappa shape index (κ2) is 3.81. The second-order valence-corrected chi connectivity index (χ2v) is 3.43. The topological polar surface area (TPSA) is 44.2 Å². The van der Waals surface area contributed by atoms with Gasteiger partial charge in [-0.15, -0.1) is 0 Å². The Balaban J connectivity index is 2.03. The van der Waals surface area contributed by atoms with Crippen LogP contribution < -0.4 is 9.47 Å². The van der Waals surface area contributed by atoms with Crippen molar-refractivity contribution in [3.05, 3.63) is 36.5 Å². The maximum absolute atomic E-state index is 5.39. The van der Waals surface area contributed by atoms with Crippen LogP contribution in [-0.4, -0.2) is 23.2 Å². The van der Waals surface area contributed by atoms with Crippen molar-refractivity contribution in [2.24, 2.45) is 0 Å². The molecule has 80 valence electrons. The predicted molar refractivity (Wildman–Crippen MR) is 58.5 cm³/mol. The molecule has 0 bridgehead atoms. The fourth-order valence-electron chi connectivity index (χ4n) is 1.58. The lowest BCUT2D eigenvalue weighted by Crippen LogP contribution is -2.17. The normalized spacial score (nSPS) is 13.5. The molecule has 0 amide bonds. The third-order valence-electron chi connectivity index (χ3n) is 2.34. The van der Waals surface area contributed by atoms with Crippen molar-refractivity contribution in [1.29, 1.82) is 0 Å². The molecule has 4 heteroatoms. The van der Waals surface area contributed by atoms with E-state index in [2.05, 4.69) is 9.97 Å². The van der Waals surface area contributed by atoms with Crippen LogP contribution >= 0.6 is 0 Å². The van der Waals surface area contributed by atoms with Gasteiger partial charge in [0.25, 0.3) is 11.8 Å². The summed E-state index contributed by atoms with van der Waals surface area (Å²) in [4.78, 5) is 8.56. The summed E-state index contributed by atoms with van der Waals surface area (Å²) in [5.74, 6) is 0.957. The summed E-state index contributed by atoms with van der Waals surface area (Å²) < 4.78 is 10.7. The van der Waals surface area contributed by atoms with Gasteiger partial charge in [-0.25, -0.2) is 9.97 Å². The van der Waals surface area contributed by atoms with Gasteiger partial charge in [-0.3, -0.25) is 0 Å². The number of nitrogens with zero attached hydrogens (tertiary/aromatic N) is 2. The first-order valence-electron chi connectivity index (χ1n) is 5.11. The Morgan fingerprint density at radius 2 is 1.69 bits per heavy atom. The molecular formula is C12H10N2O2. The Morgan fingerprint density at radius 3 is 2.50 bits per heavy atom. The van der Waals surface area contributed by atoms with E-state index in [1.165, 1.54) is 0 Å². The number of hydrogen-bond donors (Lipinski definition) is 0. The van der Waals surface area contributed by atoms with Gasteiger partial charge in [0.1, 0.15) is 13.2 Å². The molecule has 16 heavy (non-hydrogen) atoms. The van der Waals surface area contributed by atoms with Crippen LogP contribution in [0.5, 0.6) is 11.8 Å². The Bertz CT molecular complexity index is 500. The molecule has 1 aromatic carbocycles. The molecule has 0 saturated heterocycles. The number of fused-ring (bicyclic) bond motifs is 1. The lowest BCUT2D eigenvalue weighted by atomic mass is 10.2. The SMILES string of the molecule is c1ccc(-c2cnc3c(n2)OCCO3)cc1. The number of benzene rings is 1. The van der Waals surface area contributed by atoms with Crippen molar-refractivity contribution in [2.75, 3.05) is 13.2 Å². The lowest BCUT2D eigenvalue weighted by Gasteiger charge is -2.16. The molecule has 4 nitrogen and oxygen atoms in total. The summed E-state index contributed by atoms with van der Waals surface area (Å²) in [6.45, 7) is 1.06. The third-order valence-corrected chi connectivity index (χ3v) is 2.34. The first-order chi connectivity index (χ1) is 7.93. The molecule has 2 heterocycles. The zero-order valence-corrected chi connectivity index (χ0v) is 8.59. The summed E-state index contributed by atoms with van der Waals surface area (Å²) in [6.07, 6.45) is 1.70. The van der Waals surface area contributed by atoms with Crippen LogP contribution in [-0.2, 0) is 0 Å². The van der Waals surface area contributed by atoms with Crippen LogP contribution in [0.1, 0.15) is 0 Å². The lowest BCUT2D eigenvalue weighted by molar-refractivity contribution is 0.157. The van der Waals surface area contributed by atoms with Crippen LogP contribution in [0.15, 0.2) is 36.5 Å². The first-order valence-corrected chi connectivity index (χ1v) is 5.11. The standard InChI is InChI=1S/C12H10N2O2/c1-2-4-9(5-3-1)10-8-13-11-12(14-10)16-7-6-15-11/h1-5,8H,6-7H2. The average molecular weight is 214 g/mol. The Kier molecular flexibility index (Phi) is 2.18. The molecule has 0 spiro atoms. The van der Waals surface area contributed by atoms with Gasteiger partial charge in [0, 0.05) is 5.56 Å². The van der Waals surface area contributed by atoms with Crippen LogP contribution in [0.25, 0.3) is 11.3 Å². The summed E-state index contributed by atoms with van der Waals surface area (Å²) >= 11 is 0. The first kappa shape index (κ1) is 9.15. The van der Waals surface area contributed by atoms with Crippen LogP contribution in [0, 0.1) is 0 Å². The van der Waals surface area contributed by atoms with Crippen molar-refractivity contribution in [3.8, 4) is 23.0 Å². The van der Waals surface area contributed by atoms with E-state index in [1.807, 2.05) is 30.3 Å². The van der Waals surface area contributed by atoms with Gasteiger partial charge in [0.15, 0.2) is 0 Å². The van der Waals surface area contributed by atoms with Gasteiger partial charge < -0.3 is 9.47 Å². The Labute approximate surface area is 92.9 Å². The van der Waals surface area contributed by atoms with Gasteiger partial charge >= 0.3 is 0 Å². The maximum Gasteiger partial charge on any atom is 0.278 e. The fourth-order valence-corrected chi connectivity index (χ4v) is 1.58. The largest absolute Gasteiger partial charge is 0.470 e. The number of aromatic nitrogens is 2. The highest BCUT2D eigenvalue weighted by molar-refractivity contribution is 5.59. The summed E-state index contributed by atoms with van der Waals surface area (Å²) in [5, 5.41) is 0. The highest BCUT2D eigenvalue weighted by atomic mass is 16.6. The van der Waals surface area contributed by atoms with Crippen LogP contribution in [0.4, 0.5) is 0 Å². The number of rotatable bonds is 1. The average Bonchev–Trinajstić information content (AvgIpc) is 2.39. The van der Waals surface area contributed by atoms with Crippen LogP contribution in [0.2, 0.25) is 0 Å². The van der Waals surface area contributed by atoms with Gasteiger partial charge in [-0.1, -0.05) is 30.3 Å². The minimum absolute atomic E-state index is 0.478. The van der Waals surface area contributed by atoms with Crippen molar-refractivity contribution >= 4 is 0 Å². The zero-order chi connectivity index (χ0) is 10.8. The van der Waals surface area contributed by atoms with E-state index in [-0.39, 0.29) is 0 Å². The van der Waals surface area contributed by atoms with E-state index in [0.29, 0.717) is 25.0 Å². The fraction of sp³-hybridized carbons (Fsp3) is 0.167. The van der Waals surface area contributed by atoms with E-state index >= 15 is 0 Å². The molecule has 0 atom stereocenters. The second-order valence-electron chi connectivity index (χ2n) is 3.43. The third kappa shape index (κ3) is 1.58. The van der Waals surface area contributed by atoms with E-state index < -0.39 is 0 Å². The highest BCUT2D eigenvalue weighted by Crippen LogP contribution is 2.27. The van der Waals surface area contributed by atoms with E-state index in [0.717, 1.165) is 11.3 Å². The quantitative estimate of drug-likeness (QED) is 0.727. The molecule has 0 unspecified atom stereocenters. The monoisotopic (exact) mass is 214 g/mol. The minimum Gasteiger partial charge on any atom is -0.470 e. The predicted octanol–water partition coefficient (Wildman–Crippen LogP) is 1.91.